The number of Topliss-reactive ketones (excluding diaryl/α,β-unsaturated/α-hetero) is 1. The summed E-state index contributed by atoms with van der Waals surface area (Å²) in [6.07, 6.45) is 4.93. The zero-order valence-corrected chi connectivity index (χ0v) is 18.2. The summed E-state index contributed by atoms with van der Waals surface area (Å²) in [5, 5.41) is 4.58. The Morgan fingerprint density at radius 3 is 2.45 bits per heavy atom. The molecule has 0 bridgehead atoms. The Balaban J connectivity index is 1.48. The largest absolute Gasteiger partial charge is 0.343 e. The van der Waals surface area contributed by atoms with Crippen molar-refractivity contribution in [2.45, 2.75) is 12.6 Å². The van der Waals surface area contributed by atoms with Crippen molar-refractivity contribution >= 4 is 28.4 Å². The molecule has 0 aliphatic heterocycles. The Morgan fingerprint density at radius 1 is 0.970 bits per heavy atom. The number of benzene rings is 3. The van der Waals surface area contributed by atoms with Crippen LogP contribution in [0.4, 0.5) is 0 Å². The van der Waals surface area contributed by atoms with E-state index in [1.807, 2.05) is 42.5 Å². The lowest BCUT2D eigenvalue weighted by molar-refractivity contribution is -0.122. The second-order valence-electron chi connectivity index (χ2n) is 7.80. The van der Waals surface area contributed by atoms with Crippen LogP contribution in [0.3, 0.4) is 0 Å². The van der Waals surface area contributed by atoms with Gasteiger partial charge in [0.2, 0.25) is 5.91 Å². The first-order valence-corrected chi connectivity index (χ1v) is 10.6. The van der Waals surface area contributed by atoms with E-state index in [1.165, 1.54) is 4.90 Å². The first-order chi connectivity index (χ1) is 16.0. The quantitative estimate of drug-likeness (QED) is 0.427. The number of hydrogen-bond acceptors (Lipinski definition) is 4. The molecule has 0 aliphatic rings. The molecule has 166 valence electrons. The fraction of sp³-hybridized carbons (Fsp3) is 0.154. The van der Waals surface area contributed by atoms with E-state index in [-0.39, 0.29) is 24.8 Å². The number of carbonyl (C=O) groups excluding carboxylic acids is 3. The lowest BCUT2D eigenvalue weighted by Crippen LogP contribution is -2.47. The molecule has 0 radical (unpaired) electrons. The van der Waals surface area contributed by atoms with E-state index in [4.69, 9.17) is 0 Å². The average Bonchev–Trinajstić information content (AvgIpc) is 3.36. The maximum absolute atomic E-state index is 13.1. The molecule has 0 saturated carbocycles. The molecule has 0 aliphatic carbocycles. The molecule has 2 amide bonds. The molecular weight excluding hydrogens is 416 g/mol. The molecular formula is C26H24N4O3. The second kappa shape index (κ2) is 9.91. The van der Waals surface area contributed by atoms with Gasteiger partial charge in [0, 0.05) is 30.6 Å². The van der Waals surface area contributed by atoms with E-state index in [1.54, 1.807) is 60.7 Å². The van der Waals surface area contributed by atoms with Crippen LogP contribution in [-0.2, 0) is 11.3 Å². The Bertz CT molecular complexity index is 1260. The van der Waals surface area contributed by atoms with Gasteiger partial charge in [-0.25, -0.2) is 4.98 Å². The minimum absolute atomic E-state index is 0.176. The summed E-state index contributed by atoms with van der Waals surface area (Å²) in [6, 6.07) is 21.1. The van der Waals surface area contributed by atoms with Crippen molar-refractivity contribution in [1.29, 1.82) is 0 Å². The van der Waals surface area contributed by atoms with Gasteiger partial charge in [0.1, 0.15) is 6.04 Å². The standard InChI is InChI=1S/C26H24N4O3/c1-29(26(33)22-13-7-11-19-8-5-6-12-21(19)22)17-24(31)28-23(16-30-15-14-27-18-30)25(32)20-9-3-2-4-10-20/h2-15,18,23H,16-17H2,1H3,(H,28,31). The van der Waals surface area contributed by atoms with E-state index in [2.05, 4.69) is 10.3 Å². The summed E-state index contributed by atoms with van der Waals surface area (Å²) in [7, 11) is 1.58. The van der Waals surface area contributed by atoms with Crippen molar-refractivity contribution < 1.29 is 14.4 Å². The highest BCUT2D eigenvalue weighted by molar-refractivity contribution is 6.08. The van der Waals surface area contributed by atoms with Crippen LogP contribution < -0.4 is 5.32 Å². The average molecular weight is 441 g/mol. The summed E-state index contributed by atoms with van der Waals surface area (Å²) in [5.74, 6) is -0.885. The second-order valence-corrected chi connectivity index (χ2v) is 7.80. The predicted octanol–water partition coefficient (Wildman–Crippen LogP) is 3.18. The predicted molar refractivity (Wildman–Crippen MR) is 126 cm³/mol. The molecule has 3 aromatic carbocycles. The van der Waals surface area contributed by atoms with Gasteiger partial charge < -0.3 is 14.8 Å². The van der Waals surface area contributed by atoms with Crippen molar-refractivity contribution in [1.82, 2.24) is 19.8 Å². The van der Waals surface area contributed by atoms with Crippen molar-refractivity contribution in [3.8, 4) is 0 Å². The van der Waals surface area contributed by atoms with Crippen LogP contribution in [0, 0.1) is 0 Å². The van der Waals surface area contributed by atoms with E-state index >= 15 is 0 Å². The molecule has 0 saturated heterocycles. The Kier molecular flexibility index (Phi) is 6.59. The molecule has 0 fully saturated rings. The van der Waals surface area contributed by atoms with Gasteiger partial charge in [-0.2, -0.15) is 0 Å². The number of nitrogens with one attached hydrogen (secondary N) is 1. The molecule has 7 nitrogen and oxygen atoms in total. The topological polar surface area (TPSA) is 84.3 Å². The molecule has 1 N–H and O–H groups in total. The van der Waals surface area contributed by atoms with Gasteiger partial charge in [-0.3, -0.25) is 14.4 Å². The number of aromatic nitrogens is 2. The molecule has 7 heteroatoms. The van der Waals surface area contributed by atoms with Crippen LogP contribution in [0.25, 0.3) is 10.8 Å². The third-order valence-corrected chi connectivity index (χ3v) is 5.41. The molecule has 33 heavy (non-hydrogen) atoms. The van der Waals surface area contributed by atoms with Gasteiger partial charge >= 0.3 is 0 Å². The number of amides is 2. The third-order valence-electron chi connectivity index (χ3n) is 5.41. The van der Waals surface area contributed by atoms with Crippen LogP contribution in [0.5, 0.6) is 0 Å². The van der Waals surface area contributed by atoms with Gasteiger partial charge in [0.05, 0.1) is 19.4 Å². The van der Waals surface area contributed by atoms with Gasteiger partial charge in [0.15, 0.2) is 5.78 Å². The number of nitrogens with zero attached hydrogens (tertiary/aromatic N) is 3. The maximum Gasteiger partial charge on any atom is 0.254 e. The minimum atomic E-state index is -0.796. The fourth-order valence-corrected chi connectivity index (χ4v) is 3.75. The Labute approximate surface area is 191 Å². The monoisotopic (exact) mass is 440 g/mol. The summed E-state index contributed by atoms with van der Waals surface area (Å²) in [5.41, 5.74) is 1.03. The number of imidazole rings is 1. The van der Waals surface area contributed by atoms with Crippen LogP contribution in [0.15, 0.2) is 91.5 Å². The highest BCUT2D eigenvalue weighted by atomic mass is 16.2. The van der Waals surface area contributed by atoms with Crippen LogP contribution >= 0.6 is 0 Å². The van der Waals surface area contributed by atoms with Crippen molar-refractivity contribution in [2.75, 3.05) is 13.6 Å². The maximum atomic E-state index is 13.1. The summed E-state index contributed by atoms with van der Waals surface area (Å²) in [6.45, 7) is 0.0605. The normalized spacial score (nSPS) is 11.7. The van der Waals surface area contributed by atoms with Crippen molar-refractivity contribution in [3.05, 3.63) is 103 Å². The minimum Gasteiger partial charge on any atom is -0.343 e. The molecule has 4 rings (SSSR count). The number of likely N-dealkylation sites (N-methyl/N-ethyl adjacent to an activating group) is 1. The zero-order valence-electron chi connectivity index (χ0n) is 18.2. The highest BCUT2D eigenvalue weighted by Crippen LogP contribution is 2.19. The van der Waals surface area contributed by atoms with Gasteiger partial charge in [0.25, 0.3) is 5.91 Å². The van der Waals surface area contributed by atoms with Crippen LogP contribution in [-0.4, -0.2) is 51.7 Å². The first kappa shape index (κ1) is 22.0. The van der Waals surface area contributed by atoms with Crippen molar-refractivity contribution in [3.63, 3.8) is 0 Å². The van der Waals surface area contributed by atoms with Crippen LogP contribution in [0.1, 0.15) is 20.7 Å². The molecule has 1 unspecified atom stereocenters. The fourth-order valence-electron chi connectivity index (χ4n) is 3.75. The molecule has 1 aromatic heterocycles. The van der Waals surface area contributed by atoms with E-state index in [0.717, 1.165) is 10.8 Å². The zero-order chi connectivity index (χ0) is 23.2. The molecule has 0 spiro atoms. The van der Waals surface area contributed by atoms with E-state index in [0.29, 0.717) is 11.1 Å². The first-order valence-electron chi connectivity index (χ1n) is 10.6. The van der Waals surface area contributed by atoms with E-state index in [9.17, 15) is 14.4 Å². The van der Waals surface area contributed by atoms with Gasteiger partial charge in [-0.15, -0.1) is 0 Å². The SMILES string of the molecule is CN(CC(=O)NC(Cn1ccnc1)C(=O)c1ccccc1)C(=O)c1cccc2ccccc12. The number of ketones is 1. The molecule has 1 heterocycles. The summed E-state index contributed by atoms with van der Waals surface area (Å²) >= 11 is 0. The van der Waals surface area contributed by atoms with Gasteiger partial charge in [-0.1, -0.05) is 66.7 Å². The van der Waals surface area contributed by atoms with Crippen LogP contribution in [0.2, 0.25) is 0 Å². The number of rotatable bonds is 8. The van der Waals surface area contributed by atoms with Gasteiger partial charge in [-0.05, 0) is 16.8 Å². The Hall–Kier alpha value is -4.26. The number of carbonyl (C=O) groups is 3. The van der Waals surface area contributed by atoms with E-state index < -0.39 is 11.9 Å². The molecule has 1 atom stereocenters. The Morgan fingerprint density at radius 2 is 1.70 bits per heavy atom. The van der Waals surface area contributed by atoms with Crippen molar-refractivity contribution in [2.24, 2.45) is 0 Å². The summed E-state index contributed by atoms with van der Waals surface area (Å²) < 4.78 is 1.73. The molecule has 4 aromatic rings. The third kappa shape index (κ3) is 5.15. The lowest BCUT2D eigenvalue weighted by atomic mass is 10.0. The number of fused-ring (bicyclic) bond motifs is 1. The lowest BCUT2D eigenvalue weighted by Gasteiger charge is -2.22. The summed E-state index contributed by atoms with van der Waals surface area (Å²) in [4.78, 5) is 44.3. The highest BCUT2D eigenvalue weighted by Gasteiger charge is 2.24. The smallest absolute Gasteiger partial charge is 0.254 e. The number of hydrogen-bond donors (Lipinski definition) is 1.